The lowest BCUT2D eigenvalue weighted by molar-refractivity contribution is 0.326. The first-order valence-corrected chi connectivity index (χ1v) is 12.5. The number of rotatable bonds is 8. The van der Waals surface area contributed by atoms with Gasteiger partial charge < -0.3 is 19.1 Å². The highest BCUT2D eigenvalue weighted by atomic mass is 16.5. The molecule has 196 valence electrons. The Kier molecular flexibility index (Phi) is 7.60. The molecule has 0 aliphatic rings. The largest absolute Gasteiger partial charge is 0.497 e. The standard InChI is InChI=1S/C31H29N5O3/c1-5-39-31-12-13-32-30(34-31)7-6-14-36(27-17-28(37-3)19-29(18-27)38-4)26-11-10-22-8-9-23(15-24(22)16-26)25-20-33-35(2)21-25/h8-13,15-21H,5,14H2,1-4H3. The number of aromatic nitrogens is 4. The van der Waals surface area contributed by atoms with E-state index in [4.69, 9.17) is 14.2 Å². The van der Waals surface area contributed by atoms with E-state index in [1.54, 1.807) is 31.2 Å². The van der Waals surface area contributed by atoms with Crippen molar-refractivity contribution in [2.75, 3.05) is 32.3 Å². The number of anilines is 2. The highest BCUT2D eigenvalue weighted by Crippen LogP contribution is 2.35. The van der Waals surface area contributed by atoms with Crippen LogP contribution in [0.1, 0.15) is 12.7 Å². The fourth-order valence-electron chi connectivity index (χ4n) is 4.26. The average Bonchev–Trinajstić information content (AvgIpc) is 3.41. The van der Waals surface area contributed by atoms with E-state index >= 15 is 0 Å². The van der Waals surface area contributed by atoms with Crippen LogP contribution in [0.15, 0.2) is 79.3 Å². The zero-order valence-electron chi connectivity index (χ0n) is 22.4. The first-order valence-electron chi connectivity index (χ1n) is 12.5. The van der Waals surface area contributed by atoms with Gasteiger partial charge in [-0.05, 0) is 47.4 Å². The summed E-state index contributed by atoms with van der Waals surface area (Å²) in [4.78, 5) is 10.7. The lowest BCUT2D eigenvalue weighted by Crippen LogP contribution is -2.17. The van der Waals surface area contributed by atoms with E-state index in [2.05, 4.69) is 68.2 Å². The monoisotopic (exact) mass is 519 g/mol. The molecule has 2 heterocycles. The molecule has 39 heavy (non-hydrogen) atoms. The Morgan fingerprint density at radius 1 is 0.872 bits per heavy atom. The number of hydrogen-bond acceptors (Lipinski definition) is 7. The number of ether oxygens (including phenoxy) is 3. The maximum Gasteiger partial charge on any atom is 0.217 e. The normalized spacial score (nSPS) is 10.6. The van der Waals surface area contributed by atoms with E-state index in [1.165, 1.54) is 0 Å². The van der Waals surface area contributed by atoms with Gasteiger partial charge in [-0.2, -0.15) is 10.1 Å². The van der Waals surface area contributed by atoms with Gasteiger partial charge in [0.05, 0.1) is 33.6 Å². The van der Waals surface area contributed by atoms with Crippen LogP contribution in [0.3, 0.4) is 0 Å². The summed E-state index contributed by atoms with van der Waals surface area (Å²) in [6, 6.07) is 20.3. The summed E-state index contributed by atoms with van der Waals surface area (Å²) in [7, 11) is 5.20. The molecular formula is C31H29N5O3. The van der Waals surface area contributed by atoms with Crippen LogP contribution in [0.5, 0.6) is 17.4 Å². The zero-order chi connectivity index (χ0) is 27.2. The molecule has 0 bridgehead atoms. The number of nitrogens with zero attached hydrogens (tertiary/aromatic N) is 5. The fraction of sp³-hybridized carbons (Fsp3) is 0.194. The zero-order valence-corrected chi connectivity index (χ0v) is 22.4. The van der Waals surface area contributed by atoms with Gasteiger partial charge in [-0.1, -0.05) is 24.1 Å². The summed E-state index contributed by atoms with van der Waals surface area (Å²) in [5, 5.41) is 6.56. The lowest BCUT2D eigenvalue weighted by Gasteiger charge is -2.24. The van der Waals surface area contributed by atoms with Crippen molar-refractivity contribution in [1.29, 1.82) is 0 Å². The van der Waals surface area contributed by atoms with E-state index < -0.39 is 0 Å². The van der Waals surface area contributed by atoms with Crippen LogP contribution in [0, 0.1) is 11.8 Å². The minimum atomic E-state index is 0.381. The Balaban J connectivity index is 1.55. The second kappa shape index (κ2) is 11.6. The second-order valence-electron chi connectivity index (χ2n) is 8.76. The van der Waals surface area contributed by atoms with Crippen molar-refractivity contribution < 1.29 is 14.2 Å². The van der Waals surface area contributed by atoms with Crippen LogP contribution in [-0.2, 0) is 7.05 Å². The van der Waals surface area contributed by atoms with Crippen molar-refractivity contribution >= 4 is 22.1 Å². The third-order valence-electron chi connectivity index (χ3n) is 6.18. The third kappa shape index (κ3) is 5.94. The van der Waals surface area contributed by atoms with Gasteiger partial charge in [-0.25, -0.2) is 4.98 Å². The molecule has 0 N–H and O–H groups in total. The van der Waals surface area contributed by atoms with Gasteiger partial charge in [0.15, 0.2) is 0 Å². The Hall–Kier alpha value is -5.03. The lowest BCUT2D eigenvalue weighted by atomic mass is 10.0. The van der Waals surface area contributed by atoms with E-state index in [0.29, 0.717) is 36.4 Å². The van der Waals surface area contributed by atoms with Gasteiger partial charge >= 0.3 is 0 Å². The molecular weight excluding hydrogens is 490 g/mol. The molecule has 0 spiro atoms. The summed E-state index contributed by atoms with van der Waals surface area (Å²) in [5.74, 6) is 8.60. The first kappa shape index (κ1) is 25.6. The quantitative estimate of drug-likeness (QED) is 0.246. The number of methoxy groups -OCH3 is 2. The predicted octanol–water partition coefficient (Wildman–Crippen LogP) is 5.64. The van der Waals surface area contributed by atoms with Crippen LogP contribution in [-0.4, -0.2) is 47.1 Å². The van der Waals surface area contributed by atoms with E-state index in [0.717, 1.165) is 33.3 Å². The van der Waals surface area contributed by atoms with Crippen molar-refractivity contribution in [2.24, 2.45) is 7.05 Å². The molecule has 8 heteroatoms. The Labute approximate surface area is 227 Å². The molecule has 0 fully saturated rings. The maximum absolute atomic E-state index is 5.55. The summed E-state index contributed by atoms with van der Waals surface area (Å²) in [6.07, 6.45) is 5.53. The molecule has 0 saturated carbocycles. The van der Waals surface area contributed by atoms with Gasteiger partial charge in [0, 0.05) is 60.6 Å². The van der Waals surface area contributed by atoms with E-state index in [-0.39, 0.29) is 0 Å². The first-order chi connectivity index (χ1) is 19.1. The molecule has 2 aromatic heterocycles. The summed E-state index contributed by atoms with van der Waals surface area (Å²) >= 11 is 0. The number of hydrogen-bond donors (Lipinski definition) is 0. The molecule has 8 nitrogen and oxygen atoms in total. The minimum absolute atomic E-state index is 0.381. The number of aryl methyl sites for hydroxylation is 1. The van der Waals surface area contributed by atoms with Crippen molar-refractivity contribution in [3.05, 3.63) is 85.1 Å². The highest BCUT2D eigenvalue weighted by molar-refractivity contribution is 5.90. The van der Waals surface area contributed by atoms with Gasteiger partial charge in [-0.15, -0.1) is 0 Å². The molecule has 0 radical (unpaired) electrons. The summed E-state index contributed by atoms with van der Waals surface area (Å²) < 4.78 is 18.4. The third-order valence-corrected chi connectivity index (χ3v) is 6.18. The minimum Gasteiger partial charge on any atom is -0.497 e. The highest BCUT2D eigenvalue weighted by Gasteiger charge is 2.13. The number of benzene rings is 3. The van der Waals surface area contributed by atoms with Crippen LogP contribution >= 0.6 is 0 Å². The molecule has 5 aromatic rings. The van der Waals surface area contributed by atoms with Crippen LogP contribution in [0.2, 0.25) is 0 Å². The predicted molar refractivity (Wildman–Crippen MR) is 153 cm³/mol. The fourth-order valence-corrected chi connectivity index (χ4v) is 4.26. The van der Waals surface area contributed by atoms with Crippen molar-refractivity contribution in [1.82, 2.24) is 19.7 Å². The molecule has 0 saturated heterocycles. The average molecular weight is 520 g/mol. The van der Waals surface area contributed by atoms with E-state index in [9.17, 15) is 0 Å². The molecule has 5 rings (SSSR count). The van der Waals surface area contributed by atoms with Gasteiger partial charge in [0.1, 0.15) is 11.5 Å². The second-order valence-corrected chi connectivity index (χ2v) is 8.76. The van der Waals surface area contributed by atoms with Crippen LogP contribution in [0.4, 0.5) is 11.4 Å². The molecule has 0 aliphatic carbocycles. The Morgan fingerprint density at radius 3 is 2.38 bits per heavy atom. The van der Waals surface area contributed by atoms with Gasteiger partial charge in [0.2, 0.25) is 11.7 Å². The van der Waals surface area contributed by atoms with Crippen molar-refractivity contribution in [2.45, 2.75) is 6.92 Å². The maximum atomic E-state index is 5.55. The molecule has 0 amide bonds. The topological polar surface area (TPSA) is 74.5 Å². The molecule has 0 unspecified atom stereocenters. The molecule has 0 aliphatic heterocycles. The SMILES string of the molecule is CCOc1ccnc(C#CCN(c2cc(OC)cc(OC)c2)c2ccc3ccc(-c4cnn(C)c4)cc3c2)n1. The smallest absolute Gasteiger partial charge is 0.217 e. The van der Waals surface area contributed by atoms with Crippen LogP contribution in [0.25, 0.3) is 21.9 Å². The van der Waals surface area contributed by atoms with Gasteiger partial charge in [-0.3, -0.25) is 4.68 Å². The molecule has 3 aromatic carbocycles. The van der Waals surface area contributed by atoms with Crippen molar-refractivity contribution in [3.63, 3.8) is 0 Å². The summed E-state index contributed by atoms with van der Waals surface area (Å²) in [5.41, 5.74) is 4.03. The molecule has 0 atom stereocenters. The van der Waals surface area contributed by atoms with E-state index in [1.807, 2.05) is 44.6 Å². The Bertz CT molecular complexity index is 1650. The number of fused-ring (bicyclic) bond motifs is 1. The van der Waals surface area contributed by atoms with Gasteiger partial charge in [0.25, 0.3) is 0 Å². The summed E-state index contributed by atoms with van der Waals surface area (Å²) in [6.45, 7) is 2.82. The van der Waals surface area contributed by atoms with Crippen LogP contribution < -0.4 is 19.1 Å². The van der Waals surface area contributed by atoms with Crippen molar-refractivity contribution in [3.8, 4) is 40.3 Å². The Morgan fingerprint density at radius 2 is 1.67 bits per heavy atom.